The van der Waals surface area contributed by atoms with Crippen molar-refractivity contribution in [3.63, 3.8) is 0 Å². The maximum atomic E-state index is 13.1. The summed E-state index contributed by atoms with van der Waals surface area (Å²) in [6.45, 7) is 6.73. The second-order valence-electron chi connectivity index (χ2n) is 5.09. The van der Waals surface area contributed by atoms with Crippen LogP contribution in [0.2, 0.25) is 0 Å². The van der Waals surface area contributed by atoms with Gasteiger partial charge in [-0.05, 0) is 52.9 Å². The molecule has 0 aliphatic heterocycles. The molecule has 2 unspecified atom stereocenters. The van der Waals surface area contributed by atoms with Gasteiger partial charge in [0.15, 0.2) is 0 Å². The van der Waals surface area contributed by atoms with E-state index in [0.29, 0.717) is 16.9 Å². The predicted molar refractivity (Wildman–Crippen MR) is 76.0 cm³/mol. The van der Waals surface area contributed by atoms with Crippen LogP contribution in [-0.4, -0.2) is 17.8 Å². The first kappa shape index (κ1) is 15.6. The van der Waals surface area contributed by atoms with Crippen molar-refractivity contribution in [1.29, 1.82) is 0 Å². The number of hydrogen-bond acceptors (Lipinski definition) is 2. The number of aliphatic hydroxyl groups is 1. The highest BCUT2D eigenvalue weighted by molar-refractivity contribution is 9.10. The molecule has 0 saturated carbocycles. The third-order valence-corrected chi connectivity index (χ3v) is 3.45. The van der Waals surface area contributed by atoms with E-state index in [1.165, 1.54) is 6.07 Å². The van der Waals surface area contributed by atoms with Crippen molar-refractivity contribution in [2.75, 3.05) is 6.54 Å². The third kappa shape index (κ3) is 5.04. The monoisotopic (exact) mass is 317 g/mol. The molecule has 0 radical (unpaired) electrons. The predicted octanol–water partition coefficient (Wildman–Crippen LogP) is 3.65. The normalized spacial score (nSPS) is 14.8. The molecule has 1 aromatic rings. The van der Waals surface area contributed by atoms with Crippen LogP contribution in [-0.2, 0) is 0 Å². The highest BCUT2D eigenvalue weighted by Crippen LogP contribution is 2.21. The van der Waals surface area contributed by atoms with Gasteiger partial charge in [-0.2, -0.15) is 0 Å². The quantitative estimate of drug-likeness (QED) is 0.839. The first-order valence-corrected chi connectivity index (χ1v) is 7.05. The Morgan fingerprint density at radius 2 is 2.00 bits per heavy atom. The lowest BCUT2D eigenvalue weighted by Gasteiger charge is -2.19. The molecule has 0 spiro atoms. The Morgan fingerprint density at radius 1 is 1.33 bits per heavy atom. The maximum Gasteiger partial charge on any atom is 0.137 e. The Morgan fingerprint density at radius 3 is 2.56 bits per heavy atom. The van der Waals surface area contributed by atoms with Crippen molar-refractivity contribution in [1.82, 2.24) is 5.32 Å². The van der Waals surface area contributed by atoms with E-state index in [9.17, 15) is 9.50 Å². The van der Waals surface area contributed by atoms with Crippen LogP contribution < -0.4 is 5.32 Å². The molecule has 102 valence electrons. The highest BCUT2D eigenvalue weighted by atomic mass is 79.9. The molecule has 0 aromatic heterocycles. The summed E-state index contributed by atoms with van der Waals surface area (Å²) >= 11 is 3.17. The number of aliphatic hydroxyl groups excluding tert-OH is 1. The Balaban J connectivity index is 2.49. The van der Waals surface area contributed by atoms with Gasteiger partial charge in [0.25, 0.3) is 0 Å². The average molecular weight is 318 g/mol. The van der Waals surface area contributed by atoms with Gasteiger partial charge in [-0.15, -0.1) is 0 Å². The molecule has 0 bridgehead atoms. The second-order valence-corrected chi connectivity index (χ2v) is 5.94. The first-order valence-electron chi connectivity index (χ1n) is 6.26. The zero-order valence-electron chi connectivity index (χ0n) is 11.1. The molecule has 4 heteroatoms. The number of rotatable bonds is 6. The largest absolute Gasteiger partial charge is 0.392 e. The zero-order valence-corrected chi connectivity index (χ0v) is 12.7. The van der Waals surface area contributed by atoms with E-state index < -0.39 is 0 Å². The lowest BCUT2D eigenvalue weighted by Crippen LogP contribution is -2.30. The number of halogens is 2. The van der Waals surface area contributed by atoms with Crippen LogP contribution in [0.1, 0.15) is 38.8 Å². The summed E-state index contributed by atoms with van der Waals surface area (Å²) < 4.78 is 13.6. The van der Waals surface area contributed by atoms with Crippen LogP contribution in [0.25, 0.3) is 0 Å². The molecule has 2 N–H and O–H groups in total. The van der Waals surface area contributed by atoms with E-state index in [1.807, 2.05) is 6.92 Å². The molecule has 18 heavy (non-hydrogen) atoms. The molecule has 0 heterocycles. The Bertz CT molecular complexity index is 384. The summed E-state index contributed by atoms with van der Waals surface area (Å²) in [4.78, 5) is 0. The molecular formula is C14H21BrFNO. The molecule has 2 nitrogen and oxygen atoms in total. The standard InChI is InChI=1S/C14H21BrFNO/c1-9(2)6-12(18)8-17-10(3)11-4-5-14(16)13(15)7-11/h4-5,7,9-10,12,17-18H,6,8H2,1-3H3. The van der Waals surface area contributed by atoms with Gasteiger partial charge in [-0.25, -0.2) is 4.39 Å². The molecule has 1 rings (SSSR count). The third-order valence-electron chi connectivity index (χ3n) is 2.85. The van der Waals surface area contributed by atoms with E-state index in [4.69, 9.17) is 0 Å². The number of nitrogens with one attached hydrogen (secondary N) is 1. The first-order chi connectivity index (χ1) is 8.40. The lowest BCUT2D eigenvalue weighted by atomic mass is 10.0. The summed E-state index contributed by atoms with van der Waals surface area (Å²) in [5.41, 5.74) is 1.00. The fraction of sp³-hybridized carbons (Fsp3) is 0.571. The van der Waals surface area contributed by atoms with Gasteiger partial charge in [0.05, 0.1) is 10.6 Å². The summed E-state index contributed by atoms with van der Waals surface area (Å²) in [6.07, 6.45) is 0.448. The lowest BCUT2D eigenvalue weighted by molar-refractivity contribution is 0.143. The van der Waals surface area contributed by atoms with E-state index in [1.54, 1.807) is 12.1 Å². The Labute approximate surface area is 117 Å². The van der Waals surface area contributed by atoms with Crippen molar-refractivity contribution in [3.8, 4) is 0 Å². The number of hydrogen-bond donors (Lipinski definition) is 2. The van der Waals surface area contributed by atoms with Gasteiger partial charge in [0, 0.05) is 12.6 Å². The van der Waals surface area contributed by atoms with Crippen LogP contribution in [0.4, 0.5) is 4.39 Å². The maximum absolute atomic E-state index is 13.1. The molecule has 2 atom stereocenters. The summed E-state index contributed by atoms with van der Waals surface area (Å²) in [7, 11) is 0. The highest BCUT2D eigenvalue weighted by Gasteiger charge is 2.11. The smallest absolute Gasteiger partial charge is 0.137 e. The average Bonchev–Trinajstić information content (AvgIpc) is 2.28. The second kappa shape index (κ2) is 7.22. The molecule has 1 aromatic carbocycles. The van der Waals surface area contributed by atoms with Gasteiger partial charge in [-0.1, -0.05) is 19.9 Å². The van der Waals surface area contributed by atoms with Gasteiger partial charge in [0.1, 0.15) is 5.82 Å². The van der Waals surface area contributed by atoms with E-state index in [0.717, 1.165) is 12.0 Å². The minimum absolute atomic E-state index is 0.0868. The minimum Gasteiger partial charge on any atom is -0.392 e. The van der Waals surface area contributed by atoms with Crippen LogP contribution in [0.3, 0.4) is 0 Å². The molecule has 0 aliphatic carbocycles. The van der Waals surface area contributed by atoms with Crippen LogP contribution >= 0.6 is 15.9 Å². The zero-order chi connectivity index (χ0) is 13.7. The topological polar surface area (TPSA) is 32.3 Å². The van der Waals surface area contributed by atoms with Gasteiger partial charge in [0.2, 0.25) is 0 Å². The van der Waals surface area contributed by atoms with Crippen molar-refractivity contribution in [2.24, 2.45) is 5.92 Å². The van der Waals surface area contributed by atoms with Crippen molar-refractivity contribution >= 4 is 15.9 Å². The molecule has 0 saturated heterocycles. The minimum atomic E-state index is -0.337. The molecule has 0 aliphatic rings. The fourth-order valence-corrected chi connectivity index (χ4v) is 2.24. The van der Waals surface area contributed by atoms with Crippen LogP contribution in [0.5, 0.6) is 0 Å². The number of benzene rings is 1. The van der Waals surface area contributed by atoms with E-state index >= 15 is 0 Å². The van der Waals surface area contributed by atoms with Crippen molar-refractivity contribution in [2.45, 2.75) is 39.3 Å². The van der Waals surface area contributed by atoms with Gasteiger partial charge < -0.3 is 10.4 Å². The van der Waals surface area contributed by atoms with Crippen molar-refractivity contribution in [3.05, 3.63) is 34.1 Å². The molecule has 0 amide bonds. The summed E-state index contributed by atoms with van der Waals surface area (Å²) in [5.74, 6) is 0.225. The van der Waals surface area contributed by atoms with Crippen LogP contribution in [0, 0.1) is 11.7 Å². The van der Waals surface area contributed by atoms with Gasteiger partial charge in [-0.3, -0.25) is 0 Å². The Kier molecular flexibility index (Phi) is 6.26. The van der Waals surface area contributed by atoms with E-state index in [-0.39, 0.29) is 18.0 Å². The van der Waals surface area contributed by atoms with Crippen LogP contribution in [0.15, 0.2) is 22.7 Å². The Hall–Kier alpha value is -0.450. The van der Waals surface area contributed by atoms with Crippen molar-refractivity contribution < 1.29 is 9.50 Å². The molecular weight excluding hydrogens is 297 g/mol. The SMILES string of the molecule is CC(C)CC(O)CNC(C)c1ccc(F)c(Br)c1. The molecule has 0 fully saturated rings. The summed E-state index contributed by atoms with van der Waals surface area (Å²) in [6, 6.07) is 5.06. The fourth-order valence-electron chi connectivity index (χ4n) is 1.84. The van der Waals surface area contributed by atoms with Gasteiger partial charge >= 0.3 is 0 Å². The van der Waals surface area contributed by atoms with E-state index in [2.05, 4.69) is 35.1 Å². The summed E-state index contributed by atoms with van der Waals surface area (Å²) in [5, 5.41) is 13.0.